The maximum atomic E-state index is 5.77. The molecule has 1 aliphatic rings. The largest absolute Gasteiger partial charge is 0.494 e. The minimum Gasteiger partial charge on any atom is -0.494 e. The Kier molecular flexibility index (Phi) is 6.58. The zero-order chi connectivity index (χ0) is 14.4. The average molecular weight is 390 g/mol. The number of quaternary nitrogens is 1. The molecule has 112 valence electrons. The zero-order valence-electron chi connectivity index (χ0n) is 12.4. The molecule has 1 aromatic rings. The molecule has 1 aromatic carbocycles. The fraction of sp³-hybridized carbons (Fsp3) is 0.625. The molecule has 1 fully saturated rings. The van der Waals surface area contributed by atoms with Gasteiger partial charge in [-0.25, -0.2) is 0 Å². The van der Waals surface area contributed by atoms with Gasteiger partial charge in [0.25, 0.3) is 0 Å². The fourth-order valence-corrected chi connectivity index (χ4v) is 3.15. The lowest BCUT2D eigenvalue weighted by Gasteiger charge is -2.32. The Balaban J connectivity index is 1.58. The van der Waals surface area contributed by atoms with Crippen LogP contribution in [-0.2, 0) is 4.74 Å². The summed E-state index contributed by atoms with van der Waals surface area (Å²) in [6.45, 7) is 8.68. The number of rotatable bonds is 6. The van der Waals surface area contributed by atoms with Gasteiger partial charge >= 0.3 is 0 Å². The molecular weight excluding hydrogens is 365 g/mol. The van der Waals surface area contributed by atoms with E-state index in [-0.39, 0.29) is 0 Å². The summed E-state index contributed by atoms with van der Waals surface area (Å²) in [5.74, 6) is 0.978. The number of hydrogen-bond acceptors (Lipinski definition) is 2. The summed E-state index contributed by atoms with van der Waals surface area (Å²) in [7, 11) is 0. The maximum Gasteiger partial charge on any atom is 0.119 e. The Bertz CT molecular complexity index is 386. The highest BCUT2D eigenvalue weighted by Crippen LogP contribution is 2.13. The summed E-state index contributed by atoms with van der Waals surface area (Å²) >= 11 is 2.31. The van der Waals surface area contributed by atoms with E-state index in [2.05, 4.69) is 48.6 Å². The molecule has 0 radical (unpaired) electrons. The average Bonchev–Trinajstić information content (AvgIpc) is 2.39. The summed E-state index contributed by atoms with van der Waals surface area (Å²) in [6.07, 6.45) is 3.15. The lowest BCUT2D eigenvalue weighted by atomic mass is 10.2. The van der Waals surface area contributed by atoms with E-state index in [0.29, 0.717) is 12.2 Å². The summed E-state index contributed by atoms with van der Waals surface area (Å²) < 4.78 is 12.8. The molecule has 4 heteroatoms. The molecular formula is C16H25INO2+. The molecule has 1 heterocycles. The van der Waals surface area contributed by atoms with Crippen LogP contribution in [0.1, 0.15) is 26.7 Å². The first kappa shape index (κ1) is 16.0. The van der Waals surface area contributed by atoms with Crippen molar-refractivity contribution in [1.82, 2.24) is 0 Å². The maximum absolute atomic E-state index is 5.77. The molecule has 3 nitrogen and oxygen atoms in total. The topological polar surface area (TPSA) is 22.9 Å². The molecule has 1 saturated heterocycles. The first-order chi connectivity index (χ1) is 9.63. The first-order valence-corrected chi connectivity index (χ1v) is 8.59. The molecule has 0 amide bonds. The number of ether oxygens (including phenoxy) is 2. The van der Waals surface area contributed by atoms with E-state index in [4.69, 9.17) is 9.47 Å². The summed E-state index contributed by atoms with van der Waals surface area (Å²) in [5.41, 5.74) is 0. The Morgan fingerprint density at radius 1 is 1.15 bits per heavy atom. The van der Waals surface area contributed by atoms with Crippen LogP contribution in [0.15, 0.2) is 24.3 Å². The quantitative estimate of drug-likeness (QED) is 0.594. The van der Waals surface area contributed by atoms with Crippen LogP contribution in [0, 0.1) is 3.57 Å². The van der Waals surface area contributed by atoms with Crippen molar-refractivity contribution in [3.05, 3.63) is 27.8 Å². The smallest absolute Gasteiger partial charge is 0.119 e. The third-order valence-corrected chi connectivity index (χ3v) is 4.34. The van der Waals surface area contributed by atoms with Gasteiger partial charge in [0.1, 0.15) is 31.0 Å². The van der Waals surface area contributed by atoms with Crippen LogP contribution in [0.3, 0.4) is 0 Å². The standard InChI is InChI=1S/C16H24INO2/c1-13-11-18(12-14(2)20-13)9-3-4-10-19-16-7-5-15(17)6-8-16/h5-8,13-14H,3-4,9-12H2,1-2H3/p+1/t13-,14-/m1/s1. The van der Waals surface area contributed by atoms with Gasteiger partial charge in [0, 0.05) is 3.57 Å². The van der Waals surface area contributed by atoms with Crippen LogP contribution in [-0.4, -0.2) is 38.4 Å². The van der Waals surface area contributed by atoms with Crippen molar-refractivity contribution < 1.29 is 14.4 Å². The highest BCUT2D eigenvalue weighted by molar-refractivity contribution is 14.1. The SMILES string of the molecule is C[C@@H]1C[NH+](CCCCOc2ccc(I)cc2)C[C@@H](C)O1. The normalized spacial score (nSPS) is 26.4. The molecule has 1 aliphatic heterocycles. The van der Waals surface area contributed by atoms with Crippen molar-refractivity contribution in [2.75, 3.05) is 26.2 Å². The molecule has 0 spiro atoms. The van der Waals surface area contributed by atoms with Crippen LogP contribution in [0.5, 0.6) is 5.75 Å². The van der Waals surface area contributed by atoms with Gasteiger partial charge in [0.05, 0.1) is 13.2 Å². The number of hydrogen-bond donors (Lipinski definition) is 1. The zero-order valence-corrected chi connectivity index (χ0v) is 14.6. The molecule has 2 rings (SSSR count). The number of morpholine rings is 1. The van der Waals surface area contributed by atoms with Crippen LogP contribution < -0.4 is 9.64 Å². The van der Waals surface area contributed by atoms with Crippen LogP contribution >= 0.6 is 22.6 Å². The van der Waals surface area contributed by atoms with E-state index < -0.39 is 0 Å². The van der Waals surface area contributed by atoms with Gasteiger partial charge in [-0.05, 0) is 73.5 Å². The Morgan fingerprint density at radius 3 is 2.45 bits per heavy atom. The van der Waals surface area contributed by atoms with E-state index in [0.717, 1.165) is 31.9 Å². The molecule has 2 atom stereocenters. The van der Waals surface area contributed by atoms with E-state index in [1.165, 1.54) is 16.5 Å². The molecule has 20 heavy (non-hydrogen) atoms. The van der Waals surface area contributed by atoms with E-state index in [1.807, 2.05) is 12.1 Å². The highest BCUT2D eigenvalue weighted by atomic mass is 127. The number of nitrogens with one attached hydrogen (secondary N) is 1. The van der Waals surface area contributed by atoms with Crippen LogP contribution in [0.4, 0.5) is 0 Å². The second kappa shape index (κ2) is 8.20. The fourth-order valence-electron chi connectivity index (χ4n) is 2.79. The summed E-state index contributed by atoms with van der Waals surface area (Å²) in [5, 5.41) is 0. The molecule has 0 aromatic heterocycles. The number of unbranched alkanes of at least 4 members (excludes halogenated alkanes) is 1. The van der Waals surface area contributed by atoms with Gasteiger partial charge in [-0.15, -0.1) is 0 Å². The predicted octanol–water partition coefficient (Wildman–Crippen LogP) is 2.14. The predicted molar refractivity (Wildman–Crippen MR) is 89.5 cm³/mol. The van der Waals surface area contributed by atoms with Crippen LogP contribution in [0.2, 0.25) is 0 Å². The number of halogens is 1. The van der Waals surface area contributed by atoms with E-state index in [1.54, 1.807) is 4.90 Å². The van der Waals surface area contributed by atoms with Crippen molar-refractivity contribution in [2.45, 2.75) is 38.9 Å². The lowest BCUT2D eigenvalue weighted by Crippen LogP contribution is -3.15. The van der Waals surface area contributed by atoms with Gasteiger partial charge in [-0.3, -0.25) is 0 Å². The summed E-state index contributed by atoms with van der Waals surface area (Å²) in [6, 6.07) is 8.24. The first-order valence-electron chi connectivity index (χ1n) is 7.51. The Labute approximate surface area is 135 Å². The van der Waals surface area contributed by atoms with Crippen molar-refractivity contribution in [1.29, 1.82) is 0 Å². The van der Waals surface area contributed by atoms with Gasteiger partial charge in [0.15, 0.2) is 0 Å². The minimum absolute atomic E-state index is 0.400. The Hall–Kier alpha value is -0.330. The van der Waals surface area contributed by atoms with Gasteiger partial charge in [-0.2, -0.15) is 0 Å². The van der Waals surface area contributed by atoms with E-state index >= 15 is 0 Å². The van der Waals surface area contributed by atoms with Crippen molar-refractivity contribution in [3.8, 4) is 5.75 Å². The van der Waals surface area contributed by atoms with Crippen molar-refractivity contribution in [3.63, 3.8) is 0 Å². The Morgan fingerprint density at radius 2 is 1.80 bits per heavy atom. The molecule has 1 N–H and O–H groups in total. The summed E-state index contributed by atoms with van der Waals surface area (Å²) in [4.78, 5) is 1.67. The van der Waals surface area contributed by atoms with Gasteiger partial charge in [0.2, 0.25) is 0 Å². The molecule has 0 aliphatic carbocycles. The van der Waals surface area contributed by atoms with Crippen LogP contribution in [0.25, 0.3) is 0 Å². The third-order valence-electron chi connectivity index (χ3n) is 3.62. The highest BCUT2D eigenvalue weighted by Gasteiger charge is 2.24. The lowest BCUT2D eigenvalue weighted by molar-refractivity contribution is -0.915. The van der Waals surface area contributed by atoms with Crippen molar-refractivity contribution in [2.24, 2.45) is 0 Å². The monoisotopic (exact) mass is 390 g/mol. The molecule has 0 bridgehead atoms. The second-order valence-corrected chi connectivity index (χ2v) is 6.92. The van der Waals surface area contributed by atoms with E-state index in [9.17, 15) is 0 Å². The number of benzene rings is 1. The van der Waals surface area contributed by atoms with Crippen molar-refractivity contribution >= 4 is 22.6 Å². The second-order valence-electron chi connectivity index (χ2n) is 5.68. The van der Waals surface area contributed by atoms with Gasteiger partial charge < -0.3 is 14.4 Å². The molecule has 0 saturated carbocycles. The third kappa shape index (κ3) is 5.58. The van der Waals surface area contributed by atoms with Gasteiger partial charge in [-0.1, -0.05) is 0 Å². The molecule has 0 unspecified atom stereocenters. The minimum atomic E-state index is 0.400.